The van der Waals surface area contributed by atoms with Gasteiger partial charge in [-0.25, -0.2) is 4.99 Å². The number of aliphatic imine (C=N–C) groups is 1. The molecule has 0 saturated carbocycles. The predicted molar refractivity (Wildman–Crippen MR) is 88.2 cm³/mol. The minimum Gasteiger partial charge on any atom is -0.497 e. The number of nitrogens with one attached hydrogen (secondary N) is 1. The van der Waals surface area contributed by atoms with E-state index >= 15 is 0 Å². The van der Waals surface area contributed by atoms with Gasteiger partial charge in [-0.2, -0.15) is 0 Å². The summed E-state index contributed by atoms with van der Waals surface area (Å²) >= 11 is 0. The summed E-state index contributed by atoms with van der Waals surface area (Å²) in [5.74, 6) is 1.26. The lowest BCUT2D eigenvalue weighted by atomic mass is 10.2. The van der Waals surface area contributed by atoms with Gasteiger partial charge in [0.25, 0.3) is 0 Å². The zero-order chi connectivity index (χ0) is 13.4. The third-order valence-electron chi connectivity index (χ3n) is 2.40. The molecule has 0 bridgehead atoms. The van der Waals surface area contributed by atoms with Crippen molar-refractivity contribution in [2.24, 2.45) is 10.7 Å². The van der Waals surface area contributed by atoms with Crippen molar-refractivity contribution >= 4 is 29.9 Å². The average Bonchev–Trinajstić information content (AvgIpc) is 2.37. The number of halogens is 1. The first-order valence-corrected chi connectivity index (χ1v) is 5.84. The molecule has 6 heteroatoms. The molecule has 1 aromatic carbocycles. The second kappa shape index (κ2) is 9.85. The highest BCUT2D eigenvalue weighted by atomic mass is 127. The van der Waals surface area contributed by atoms with Gasteiger partial charge in [0.15, 0.2) is 5.96 Å². The summed E-state index contributed by atoms with van der Waals surface area (Å²) in [4.78, 5) is 4.26. The lowest BCUT2D eigenvalue weighted by Crippen LogP contribution is -2.40. The first-order valence-electron chi connectivity index (χ1n) is 5.84. The molecule has 3 N–H and O–H groups in total. The van der Waals surface area contributed by atoms with Gasteiger partial charge in [-0.3, -0.25) is 0 Å². The van der Waals surface area contributed by atoms with Crippen LogP contribution in [0.25, 0.3) is 0 Å². The molecule has 0 heterocycles. The topological polar surface area (TPSA) is 68.9 Å². The minimum atomic E-state index is 0. The van der Waals surface area contributed by atoms with Crippen molar-refractivity contribution in [2.45, 2.75) is 19.5 Å². The Morgan fingerprint density at radius 2 is 1.95 bits per heavy atom. The molecule has 0 spiro atoms. The largest absolute Gasteiger partial charge is 0.497 e. The van der Waals surface area contributed by atoms with Crippen LogP contribution >= 0.6 is 24.0 Å². The molecular weight excluding hydrogens is 357 g/mol. The van der Waals surface area contributed by atoms with E-state index in [9.17, 15) is 0 Å². The van der Waals surface area contributed by atoms with Crippen molar-refractivity contribution < 1.29 is 9.47 Å². The fourth-order valence-corrected chi connectivity index (χ4v) is 1.50. The van der Waals surface area contributed by atoms with Crippen LogP contribution < -0.4 is 15.8 Å². The Morgan fingerprint density at radius 3 is 2.47 bits per heavy atom. The van der Waals surface area contributed by atoms with E-state index in [4.69, 9.17) is 15.2 Å². The second-order valence-corrected chi connectivity index (χ2v) is 4.05. The fourth-order valence-electron chi connectivity index (χ4n) is 1.50. The van der Waals surface area contributed by atoms with E-state index in [1.807, 2.05) is 31.2 Å². The molecule has 0 aromatic heterocycles. The van der Waals surface area contributed by atoms with E-state index in [-0.39, 0.29) is 30.0 Å². The summed E-state index contributed by atoms with van der Waals surface area (Å²) in [6, 6.07) is 7.89. The molecule has 0 fully saturated rings. The maximum atomic E-state index is 5.77. The third-order valence-corrected chi connectivity index (χ3v) is 2.40. The molecule has 108 valence electrons. The standard InChI is InChI=1S/C13H21N3O2.HI/c1-10(9-17-2)16-13(14)15-8-11-4-6-12(18-3)7-5-11;/h4-7,10H,8-9H2,1-3H3,(H3,14,15,16);1H. The van der Waals surface area contributed by atoms with Crippen LogP contribution in [0, 0.1) is 0 Å². The quantitative estimate of drug-likeness (QED) is 0.449. The molecule has 0 radical (unpaired) electrons. The van der Waals surface area contributed by atoms with Crippen LogP contribution in [0.15, 0.2) is 29.3 Å². The molecule has 1 atom stereocenters. The fraction of sp³-hybridized carbons (Fsp3) is 0.462. The van der Waals surface area contributed by atoms with Crippen molar-refractivity contribution in [3.8, 4) is 5.75 Å². The van der Waals surface area contributed by atoms with Crippen LogP contribution in [0.3, 0.4) is 0 Å². The van der Waals surface area contributed by atoms with Crippen molar-refractivity contribution in [1.82, 2.24) is 5.32 Å². The van der Waals surface area contributed by atoms with Crippen LogP contribution in [0.4, 0.5) is 0 Å². The number of nitrogens with zero attached hydrogens (tertiary/aromatic N) is 1. The van der Waals surface area contributed by atoms with Crippen LogP contribution in [-0.2, 0) is 11.3 Å². The van der Waals surface area contributed by atoms with Gasteiger partial charge in [0, 0.05) is 13.2 Å². The maximum Gasteiger partial charge on any atom is 0.189 e. The molecule has 0 amide bonds. The number of benzene rings is 1. The van der Waals surface area contributed by atoms with Gasteiger partial charge in [0.2, 0.25) is 0 Å². The zero-order valence-electron chi connectivity index (χ0n) is 11.6. The number of hydrogen-bond donors (Lipinski definition) is 2. The number of nitrogens with two attached hydrogens (primary N) is 1. The second-order valence-electron chi connectivity index (χ2n) is 4.05. The maximum absolute atomic E-state index is 5.77. The van der Waals surface area contributed by atoms with Gasteiger partial charge in [0.05, 0.1) is 20.3 Å². The van der Waals surface area contributed by atoms with Crippen LogP contribution in [0.2, 0.25) is 0 Å². The molecule has 19 heavy (non-hydrogen) atoms. The van der Waals surface area contributed by atoms with Gasteiger partial charge in [-0.05, 0) is 24.6 Å². The minimum absolute atomic E-state index is 0. The summed E-state index contributed by atoms with van der Waals surface area (Å²) < 4.78 is 10.1. The predicted octanol–water partition coefficient (Wildman–Crippen LogP) is 1.75. The van der Waals surface area contributed by atoms with Gasteiger partial charge in [0.1, 0.15) is 5.75 Å². The Kier molecular flexibility index (Phi) is 9.32. The summed E-state index contributed by atoms with van der Waals surface area (Å²) in [6.07, 6.45) is 0. The lowest BCUT2D eigenvalue weighted by molar-refractivity contribution is 0.179. The Labute approximate surface area is 131 Å². The van der Waals surface area contributed by atoms with E-state index in [1.165, 1.54) is 0 Å². The summed E-state index contributed by atoms with van der Waals surface area (Å²) in [7, 11) is 3.30. The first-order chi connectivity index (χ1) is 8.65. The normalized spacial score (nSPS) is 12.5. The highest BCUT2D eigenvalue weighted by Gasteiger charge is 2.01. The molecule has 1 unspecified atom stereocenters. The summed E-state index contributed by atoms with van der Waals surface area (Å²) in [5.41, 5.74) is 6.85. The number of methoxy groups -OCH3 is 2. The van der Waals surface area contributed by atoms with Crippen LogP contribution in [-0.4, -0.2) is 32.8 Å². The van der Waals surface area contributed by atoms with Gasteiger partial charge in [-0.1, -0.05) is 12.1 Å². The summed E-state index contributed by atoms with van der Waals surface area (Å²) in [6.45, 7) is 3.13. The molecule has 0 aliphatic carbocycles. The van der Waals surface area contributed by atoms with Crippen molar-refractivity contribution in [2.75, 3.05) is 20.8 Å². The lowest BCUT2D eigenvalue weighted by Gasteiger charge is -2.13. The van der Waals surface area contributed by atoms with Crippen molar-refractivity contribution in [3.63, 3.8) is 0 Å². The summed E-state index contributed by atoms with van der Waals surface area (Å²) in [5, 5.41) is 3.05. The smallest absolute Gasteiger partial charge is 0.189 e. The average molecular weight is 379 g/mol. The van der Waals surface area contributed by atoms with E-state index in [0.717, 1.165) is 11.3 Å². The highest BCUT2D eigenvalue weighted by Crippen LogP contribution is 2.11. The molecule has 1 aromatic rings. The van der Waals surface area contributed by atoms with Crippen LogP contribution in [0.5, 0.6) is 5.75 Å². The molecular formula is C13H22IN3O2. The SMILES string of the molecule is COCC(C)NC(N)=NCc1ccc(OC)cc1.I. The molecule has 0 aliphatic heterocycles. The van der Waals surface area contributed by atoms with Crippen molar-refractivity contribution in [1.29, 1.82) is 0 Å². The molecule has 1 rings (SSSR count). The van der Waals surface area contributed by atoms with Crippen LogP contribution in [0.1, 0.15) is 12.5 Å². The number of ether oxygens (including phenoxy) is 2. The number of hydrogen-bond acceptors (Lipinski definition) is 3. The third kappa shape index (κ3) is 7.22. The zero-order valence-corrected chi connectivity index (χ0v) is 13.9. The van der Waals surface area contributed by atoms with E-state index in [1.54, 1.807) is 14.2 Å². The number of guanidine groups is 1. The molecule has 0 aliphatic rings. The van der Waals surface area contributed by atoms with Gasteiger partial charge < -0.3 is 20.5 Å². The number of rotatable bonds is 6. The van der Waals surface area contributed by atoms with Gasteiger partial charge in [-0.15, -0.1) is 24.0 Å². The monoisotopic (exact) mass is 379 g/mol. The Hall–Kier alpha value is -1.02. The molecule has 5 nitrogen and oxygen atoms in total. The Bertz CT molecular complexity index is 382. The molecule has 0 saturated heterocycles. The highest BCUT2D eigenvalue weighted by molar-refractivity contribution is 14.0. The van der Waals surface area contributed by atoms with E-state index < -0.39 is 0 Å². The van der Waals surface area contributed by atoms with E-state index in [2.05, 4.69) is 10.3 Å². The van der Waals surface area contributed by atoms with Crippen molar-refractivity contribution in [3.05, 3.63) is 29.8 Å². The van der Waals surface area contributed by atoms with E-state index in [0.29, 0.717) is 19.1 Å². The first kappa shape index (κ1) is 18.0. The van der Waals surface area contributed by atoms with Gasteiger partial charge >= 0.3 is 0 Å². The Morgan fingerprint density at radius 1 is 1.32 bits per heavy atom. The Balaban J connectivity index is 0.00000324.